The van der Waals surface area contributed by atoms with E-state index in [1.807, 2.05) is 0 Å². The summed E-state index contributed by atoms with van der Waals surface area (Å²) in [5, 5.41) is 24.7. The molecule has 0 radical (unpaired) electrons. The molecule has 5 unspecified atom stereocenters. The molecule has 14 heteroatoms. The van der Waals surface area contributed by atoms with E-state index < -0.39 is 78.5 Å². The van der Waals surface area contributed by atoms with Gasteiger partial charge in [-0.05, 0) is 5.92 Å². The average Bonchev–Trinajstić information content (AvgIpc) is 2.67. The molecule has 0 aliphatic heterocycles. The zero-order valence-corrected chi connectivity index (χ0v) is 18.1. The predicted octanol–water partition coefficient (Wildman–Crippen LogP) is -2.82. The Morgan fingerprint density at radius 1 is 0.903 bits per heavy atom. The van der Waals surface area contributed by atoms with Crippen LogP contribution in [0, 0.1) is 5.92 Å². The van der Waals surface area contributed by atoms with Crippen LogP contribution in [0.2, 0.25) is 0 Å². The Balaban J connectivity index is 5.35. The fraction of sp³-hybridized carbons (Fsp3) is 0.647. The quantitative estimate of drug-likeness (QED) is 0.124. The molecule has 176 valence electrons. The Morgan fingerprint density at radius 2 is 1.45 bits per heavy atom. The topological polar surface area (TPSA) is 231 Å². The van der Waals surface area contributed by atoms with Gasteiger partial charge in [-0.1, -0.05) is 20.3 Å². The van der Waals surface area contributed by atoms with E-state index in [4.69, 9.17) is 21.7 Å². The molecular formula is C17H29N5O8S. The molecule has 0 aliphatic carbocycles. The number of nitrogens with two attached hydrogens (primary N) is 2. The third-order valence-electron chi connectivity index (χ3n) is 4.36. The van der Waals surface area contributed by atoms with Crippen LogP contribution >= 0.6 is 12.6 Å². The molecule has 4 amide bonds. The van der Waals surface area contributed by atoms with E-state index in [9.17, 15) is 28.8 Å². The minimum absolute atomic E-state index is 0.189. The van der Waals surface area contributed by atoms with Gasteiger partial charge in [0.05, 0.1) is 18.9 Å². The highest BCUT2D eigenvalue weighted by atomic mass is 32.1. The monoisotopic (exact) mass is 463 g/mol. The lowest BCUT2D eigenvalue weighted by Gasteiger charge is -2.27. The van der Waals surface area contributed by atoms with Gasteiger partial charge < -0.3 is 37.6 Å². The Kier molecular flexibility index (Phi) is 12.2. The fourth-order valence-electron chi connectivity index (χ4n) is 2.37. The highest BCUT2D eigenvalue weighted by Crippen LogP contribution is 2.10. The van der Waals surface area contributed by atoms with Gasteiger partial charge >= 0.3 is 11.9 Å². The molecule has 13 nitrogen and oxygen atoms in total. The summed E-state index contributed by atoms with van der Waals surface area (Å²) in [7, 11) is 0. The lowest BCUT2D eigenvalue weighted by Crippen LogP contribution is -2.59. The van der Waals surface area contributed by atoms with Crippen LogP contribution in [0.25, 0.3) is 0 Å². The zero-order valence-electron chi connectivity index (χ0n) is 17.2. The third kappa shape index (κ3) is 10.1. The van der Waals surface area contributed by atoms with Gasteiger partial charge in [0.2, 0.25) is 23.6 Å². The van der Waals surface area contributed by atoms with Gasteiger partial charge in [-0.15, -0.1) is 0 Å². The van der Waals surface area contributed by atoms with E-state index in [0.29, 0.717) is 6.42 Å². The van der Waals surface area contributed by atoms with Crippen molar-refractivity contribution in [1.82, 2.24) is 16.0 Å². The number of hydrogen-bond donors (Lipinski definition) is 8. The Morgan fingerprint density at radius 3 is 1.87 bits per heavy atom. The van der Waals surface area contributed by atoms with Crippen LogP contribution in [0.1, 0.15) is 33.1 Å². The third-order valence-corrected chi connectivity index (χ3v) is 4.73. The lowest BCUT2D eigenvalue weighted by atomic mass is 9.97. The first-order chi connectivity index (χ1) is 14.3. The number of hydrogen-bond acceptors (Lipinski definition) is 8. The molecule has 0 aromatic heterocycles. The van der Waals surface area contributed by atoms with E-state index in [2.05, 4.69) is 28.6 Å². The molecule has 0 spiro atoms. The van der Waals surface area contributed by atoms with Crippen LogP contribution in [0.4, 0.5) is 0 Å². The highest BCUT2D eigenvalue weighted by Gasteiger charge is 2.33. The van der Waals surface area contributed by atoms with Gasteiger partial charge in [-0.3, -0.25) is 24.0 Å². The molecule has 0 aromatic rings. The fourth-order valence-corrected chi connectivity index (χ4v) is 2.63. The normalized spacial score (nSPS) is 15.5. The van der Waals surface area contributed by atoms with Gasteiger partial charge in [-0.25, -0.2) is 4.79 Å². The summed E-state index contributed by atoms with van der Waals surface area (Å²) in [6.07, 6.45) is -0.868. The van der Waals surface area contributed by atoms with Gasteiger partial charge in [0.25, 0.3) is 0 Å². The summed E-state index contributed by atoms with van der Waals surface area (Å²) in [5.41, 5.74) is 10.4. The predicted molar refractivity (Wildman–Crippen MR) is 111 cm³/mol. The molecule has 0 aromatic carbocycles. The summed E-state index contributed by atoms with van der Waals surface area (Å²) in [5.74, 6) is -6.91. The van der Waals surface area contributed by atoms with Crippen LogP contribution in [0.15, 0.2) is 0 Å². The second-order valence-electron chi connectivity index (χ2n) is 6.89. The second-order valence-corrected chi connectivity index (χ2v) is 7.25. The molecule has 0 rings (SSSR count). The van der Waals surface area contributed by atoms with E-state index >= 15 is 0 Å². The van der Waals surface area contributed by atoms with Crippen molar-refractivity contribution in [2.45, 2.75) is 57.3 Å². The van der Waals surface area contributed by atoms with Gasteiger partial charge in [0.1, 0.15) is 18.1 Å². The number of amides is 4. The Labute approximate surface area is 184 Å². The van der Waals surface area contributed by atoms with Crippen LogP contribution in [-0.2, 0) is 28.8 Å². The number of aliphatic carboxylic acids is 2. The van der Waals surface area contributed by atoms with Gasteiger partial charge in [-0.2, -0.15) is 12.6 Å². The smallest absolute Gasteiger partial charge is 0.326 e. The van der Waals surface area contributed by atoms with Crippen molar-refractivity contribution >= 4 is 48.2 Å². The Bertz CT molecular complexity index is 704. The molecule has 0 aliphatic rings. The van der Waals surface area contributed by atoms with Crippen molar-refractivity contribution in [1.29, 1.82) is 0 Å². The van der Waals surface area contributed by atoms with Crippen LogP contribution in [-0.4, -0.2) is 75.7 Å². The standard InChI is InChI=1S/C17H29N5O8S/c1-3-7(2)13(16(28)20-9(17(29)30)5-11(19)23)22-15(27)10(6-31)21-14(26)8(18)4-12(24)25/h7-10,13,31H,3-6,18H2,1-2H3,(H2,19,23)(H,20,28)(H,21,26)(H,22,27)(H,24,25)(H,29,30). The maximum Gasteiger partial charge on any atom is 0.326 e. The van der Waals surface area contributed by atoms with Crippen molar-refractivity contribution in [3.63, 3.8) is 0 Å². The minimum atomic E-state index is -1.58. The first kappa shape index (κ1) is 28.1. The maximum atomic E-state index is 12.6. The summed E-state index contributed by atoms with van der Waals surface area (Å²) in [6, 6.07) is -5.41. The first-order valence-electron chi connectivity index (χ1n) is 9.34. The van der Waals surface area contributed by atoms with Crippen LogP contribution in [0.3, 0.4) is 0 Å². The number of carbonyl (C=O) groups is 6. The van der Waals surface area contributed by atoms with Crippen LogP contribution in [0.5, 0.6) is 0 Å². The first-order valence-corrected chi connectivity index (χ1v) is 9.97. The van der Waals surface area contributed by atoms with Crippen molar-refractivity contribution in [3.8, 4) is 0 Å². The largest absolute Gasteiger partial charge is 0.481 e. The highest BCUT2D eigenvalue weighted by molar-refractivity contribution is 7.80. The minimum Gasteiger partial charge on any atom is -0.481 e. The van der Waals surface area contributed by atoms with E-state index in [0.717, 1.165) is 0 Å². The van der Waals surface area contributed by atoms with Crippen molar-refractivity contribution in [2.75, 3.05) is 5.75 Å². The molecule has 0 bridgehead atoms. The molecular weight excluding hydrogens is 434 g/mol. The number of carbonyl (C=O) groups excluding carboxylic acids is 4. The average molecular weight is 464 g/mol. The number of carboxylic acids is 2. The number of primary amides is 1. The van der Waals surface area contributed by atoms with Crippen molar-refractivity contribution in [2.24, 2.45) is 17.4 Å². The molecule has 0 saturated heterocycles. The summed E-state index contributed by atoms with van der Waals surface area (Å²) in [4.78, 5) is 70.1. The maximum absolute atomic E-state index is 12.6. The molecule has 9 N–H and O–H groups in total. The van der Waals surface area contributed by atoms with E-state index in [1.165, 1.54) is 0 Å². The molecule has 0 saturated carbocycles. The molecule has 0 heterocycles. The SMILES string of the molecule is CCC(C)C(NC(=O)C(CS)NC(=O)C(N)CC(=O)O)C(=O)NC(CC(N)=O)C(=O)O. The number of nitrogens with one attached hydrogen (secondary N) is 3. The zero-order chi connectivity index (χ0) is 24.3. The molecule has 31 heavy (non-hydrogen) atoms. The number of rotatable bonds is 14. The van der Waals surface area contributed by atoms with Crippen molar-refractivity contribution in [3.05, 3.63) is 0 Å². The summed E-state index contributed by atoms with van der Waals surface area (Å²) in [6.45, 7) is 3.36. The molecule has 0 fully saturated rings. The second kappa shape index (κ2) is 13.4. The number of thiol groups is 1. The summed E-state index contributed by atoms with van der Waals surface area (Å²) < 4.78 is 0. The van der Waals surface area contributed by atoms with Crippen LogP contribution < -0.4 is 27.4 Å². The van der Waals surface area contributed by atoms with Gasteiger partial charge in [0.15, 0.2) is 0 Å². The van der Waals surface area contributed by atoms with Crippen molar-refractivity contribution < 1.29 is 39.0 Å². The summed E-state index contributed by atoms with van der Waals surface area (Å²) >= 11 is 3.97. The Hall–Kier alpha value is -2.87. The lowest BCUT2D eigenvalue weighted by molar-refractivity contribution is -0.144. The van der Waals surface area contributed by atoms with Gasteiger partial charge in [0, 0.05) is 5.75 Å². The number of carboxylic acid groups (broad SMARTS) is 2. The van der Waals surface area contributed by atoms with E-state index in [1.54, 1.807) is 13.8 Å². The molecule has 5 atom stereocenters. The van der Waals surface area contributed by atoms with E-state index in [-0.39, 0.29) is 5.75 Å².